The maximum Gasteiger partial charge on any atom is 0.252 e. The summed E-state index contributed by atoms with van der Waals surface area (Å²) in [5, 5.41) is 2.86. The Balaban J connectivity index is 1.47. The van der Waals surface area contributed by atoms with Gasteiger partial charge in [0.2, 0.25) is 5.95 Å². The quantitative estimate of drug-likeness (QED) is 0.929. The summed E-state index contributed by atoms with van der Waals surface area (Å²) >= 11 is 0. The number of halogens is 1. The molecular formula is C16H18FN5O. The van der Waals surface area contributed by atoms with Crippen LogP contribution in [-0.2, 0) is 0 Å². The Morgan fingerprint density at radius 2 is 2.00 bits per heavy atom. The van der Waals surface area contributed by atoms with Crippen molar-refractivity contribution in [3.05, 3.63) is 48.3 Å². The van der Waals surface area contributed by atoms with Crippen LogP contribution in [0.1, 0.15) is 23.2 Å². The Bertz CT molecular complexity index is 659. The van der Waals surface area contributed by atoms with Crippen LogP contribution in [0, 0.1) is 11.7 Å². The molecule has 3 heterocycles. The summed E-state index contributed by atoms with van der Waals surface area (Å²) in [5.41, 5.74) is 0.250. The summed E-state index contributed by atoms with van der Waals surface area (Å²) < 4.78 is 13.1. The van der Waals surface area contributed by atoms with E-state index in [-0.39, 0.29) is 11.5 Å². The second-order valence-corrected chi connectivity index (χ2v) is 5.58. The number of rotatable bonds is 4. The molecule has 1 amide bonds. The number of hydrogen-bond donors (Lipinski definition) is 1. The van der Waals surface area contributed by atoms with E-state index in [4.69, 9.17) is 0 Å². The van der Waals surface area contributed by atoms with Crippen molar-refractivity contribution in [3.63, 3.8) is 0 Å². The molecule has 0 aliphatic carbocycles. The largest absolute Gasteiger partial charge is 0.352 e. The molecule has 1 N–H and O–H groups in total. The van der Waals surface area contributed by atoms with E-state index in [0.717, 1.165) is 38.1 Å². The highest BCUT2D eigenvalue weighted by Crippen LogP contribution is 2.19. The average Bonchev–Trinajstić information content (AvgIpc) is 2.61. The van der Waals surface area contributed by atoms with Gasteiger partial charge in [-0.3, -0.25) is 9.78 Å². The smallest absolute Gasteiger partial charge is 0.252 e. The first kappa shape index (κ1) is 15.3. The van der Waals surface area contributed by atoms with Crippen LogP contribution >= 0.6 is 0 Å². The lowest BCUT2D eigenvalue weighted by atomic mass is 9.97. The van der Waals surface area contributed by atoms with Crippen molar-refractivity contribution in [1.29, 1.82) is 0 Å². The SMILES string of the molecule is O=C(NCC1CCN(c2ncccn2)CC1)c1cncc(F)c1. The Labute approximate surface area is 133 Å². The molecule has 120 valence electrons. The molecule has 6 nitrogen and oxygen atoms in total. The van der Waals surface area contributed by atoms with E-state index in [2.05, 4.69) is 25.2 Å². The number of hydrogen-bond acceptors (Lipinski definition) is 5. The van der Waals surface area contributed by atoms with Crippen LogP contribution < -0.4 is 10.2 Å². The van der Waals surface area contributed by atoms with Gasteiger partial charge in [0.15, 0.2) is 0 Å². The molecule has 3 rings (SSSR count). The standard InChI is InChI=1S/C16H18FN5O/c17-14-8-13(10-18-11-14)15(23)21-9-12-2-6-22(7-3-12)16-19-4-1-5-20-16/h1,4-5,8,10-12H,2-3,6-7,9H2,(H,21,23). The molecule has 1 fully saturated rings. The van der Waals surface area contributed by atoms with E-state index >= 15 is 0 Å². The minimum Gasteiger partial charge on any atom is -0.352 e. The summed E-state index contributed by atoms with van der Waals surface area (Å²) in [5.74, 6) is 0.362. The van der Waals surface area contributed by atoms with Crippen LogP contribution in [0.15, 0.2) is 36.9 Å². The number of nitrogens with zero attached hydrogens (tertiary/aromatic N) is 4. The highest BCUT2D eigenvalue weighted by Gasteiger charge is 2.21. The number of piperidine rings is 1. The molecule has 1 aliphatic rings. The maximum absolute atomic E-state index is 13.1. The van der Waals surface area contributed by atoms with E-state index < -0.39 is 5.82 Å². The number of pyridine rings is 1. The van der Waals surface area contributed by atoms with E-state index in [9.17, 15) is 9.18 Å². The summed E-state index contributed by atoms with van der Waals surface area (Å²) in [6.45, 7) is 2.32. The lowest BCUT2D eigenvalue weighted by Gasteiger charge is -2.31. The molecule has 0 atom stereocenters. The third-order valence-corrected chi connectivity index (χ3v) is 3.97. The fourth-order valence-corrected chi connectivity index (χ4v) is 2.67. The van der Waals surface area contributed by atoms with Gasteiger partial charge in [-0.05, 0) is 30.9 Å². The van der Waals surface area contributed by atoms with Gasteiger partial charge >= 0.3 is 0 Å². The third-order valence-electron chi connectivity index (χ3n) is 3.97. The first-order valence-corrected chi connectivity index (χ1v) is 7.63. The number of carbonyl (C=O) groups is 1. The van der Waals surface area contributed by atoms with Crippen molar-refractivity contribution in [1.82, 2.24) is 20.3 Å². The average molecular weight is 315 g/mol. The minimum atomic E-state index is -0.506. The van der Waals surface area contributed by atoms with Gasteiger partial charge in [0, 0.05) is 38.2 Å². The summed E-state index contributed by atoms with van der Waals surface area (Å²) in [6, 6.07) is 2.99. The Morgan fingerprint density at radius 3 is 2.70 bits per heavy atom. The van der Waals surface area contributed by atoms with Crippen molar-refractivity contribution in [2.24, 2.45) is 5.92 Å². The van der Waals surface area contributed by atoms with Crippen LogP contribution in [0.4, 0.5) is 10.3 Å². The van der Waals surface area contributed by atoms with E-state index in [1.165, 1.54) is 12.3 Å². The Kier molecular flexibility index (Phi) is 4.75. The first-order valence-electron chi connectivity index (χ1n) is 7.63. The second kappa shape index (κ2) is 7.13. The molecule has 1 aliphatic heterocycles. The molecule has 7 heteroatoms. The molecule has 0 aromatic carbocycles. The fourth-order valence-electron chi connectivity index (χ4n) is 2.67. The molecule has 0 bridgehead atoms. The van der Waals surface area contributed by atoms with Crippen molar-refractivity contribution >= 4 is 11.9 Å². The molecular weight excluding hydrogens is 297 g/mol. The Hall–Kier alpha value is -2.57. The molecule has 0 unspecified atom stereocenters. The van der Waals surface area contributed by atoms with E-state index in [0.29, 0.717) is 12.5 Å². The minimum absolute atomic E-state index is 0.250. The molecule has 2 aromatic rings. The fraction of sp³-hybridized carbons (Fsp3) is 0.375. The number of nitrogens with one attached hydrogen (secondary N) is 1. The zero-order valence-electron chi connectivity index (χ0n) is 12.7. The molecule has 23 heavy (non-hydrogen) atoms. The second-order valence-electron chi connectivity index (χ2n) is 5.58. The monoisotopic (exact) mass is 315 g/mol. The van der Waals surface area contributed by atoms with Crippen molar-refractivity contribution < 1.29 is 9.18 Å². The van der Waals surface area contributed by atoms with Gasteiger partial charge in [-0.2, -0.15) is 0 Å². The van der Waals surface area contributed by atoms with Gasteiger partial charge in [0.1, 0.15) is 5.82 Å². The van der Waals surface area contributed by atoms with Crippen LogP contribution in [0.2, 0.25) is 0 Å². The zero-order valence-corrected chi connectivity index (χ0v) is 12.7. The molecule has 0 saturated carbocycles. The van der Waals surface area contributed by atoms with Gasteiger partial charge in [-0.25, -0.2) is 14.4 Å². The highest BCUT2D eigenvalue weighted by atomic mass is 19.1. The van der Waals surface area contributed by atoms with Crippen molar-refractivity contribution in [2.45, 2.75) is 12.8 Å². The van der Waals surface area contributed by atoms with Crippen LogP contribution in [0.25, 0.3) is 0 Å². The van der Waals surface area contributed by atoms with Gasteiger partial charge in [-0.1, -0.05) is 0 Å². The number of anilines is 1. The summed E-state index contributed by atoms with van der Waals surface area (Å²) in [4.78, 5) is 26.3. The zero-order chi connectivity index (χ0) is 16.1. The topological polar surface area (TPSA) is 71.0 Å². The van der Waals surface area contributed by atoms with Gasteiger partial charge in [0.25, 0.3) is 5.91 Å². The number of aromatic nitrogens is 3. The molecule has 0 radical (unpaired) electrons. The predicted octanol–water partition coefficient (Wildman–Crippen LogP) is 1.66. The van der Waals surface area contributed by atoms with Crippen LogP contribution in [0.3, 0.4) is 0 Å². The number of carbonyl (C=O) groups excluding carboxylic acids is 1. The molecule has 2 aromatic heterocycles. The summed E-state index contributed by atoms with van der Waals surface area (Å²) in [6.07, 6.45) is 7.84. The maximum atomic E-state index is 13.1. The van der Waals surface area contributed by atoms with E-state index in [1.807, 2.05) is 0 Å². The van der Waals surface area contributed by atoms with Gasteiger partial charge in [-0.15, -0.1) is 0 Å². The van der Waals surface area contributed by atoms with Gasteiger partial charge in [0.05, 0.1) is 11.8 Å². The Morgan fingerprint density at radius 1 is 1.26 bits per heavy atom. The highest BCUT2D eigenvalue weighted by molar-refractivity contribution is 5.93. The summed E-state index contributed by atoms with van der Waals surface area (Å²) in [7, 11) is 0. The van der Waals surface area contributed by atoms with Crippen LogP contribution in [-0.4, -0.2) is 40.5 Å². The predicted molar refractivity (Wildman–Crippen MR) is 83.5 cm³/mol. The van der Waals surface area contributed by atoms with Gasteiger partial charge < -0.3 is 10.2 Å². The molecule has 0 spiro atoms. The lowest BCUT2D eigenvalue weighted by molar-refractivity contribution is 0.0944. The normalized spacial score (nSPS) is 15.4. The van der Waals surface area contributed by atoms with Crippen molar-refractivity contribution in [2.75, 3.05) is 24.5 Å². The van der Waals surface area contributed by atoms with E-state index in [1.54, 1.807) is 18.5 Å². The number of amides is 1. The van der Waals surface area contributed by atoms with Crippen molar-refractivity contribution in [3.8, 4) is 0 Å². The third kappa shape index (κ3) is 4.00. The first-order chi connectivity index (χ1) is 11.2. The lowest BCUT2D eigenvalue weighted by Crippen LogP contribution is -2.39. The van der Waals surface area contributed by atoms with Crippen LogP contribution in [0.5, 0.6) is 0 Å². The molecule has 1 saturated heterocycles.